The molecule has 0 aliphatic heterocycles. The van der Waals surface area contributed by atoms with Crippen molar-refractivity contribution in [2.24, 2.45) is 11.7 Å². The molecule has 0 heterocycles. The molecular weight excluding hydrogens is 237 g/mol. The third-order valence-corrected chi connectivity index (χ3v) is 3.12. The molecule has 2 N–H and O–H groups in total. The van der Waals surface area contributed by atoms with Crippen molar-refractivity contribution in [1.82, 2.24) is 0 Å². The highest BCUT2D eigenvalue weighted by Gasteiger charge is 2.04. The molecule has 0 bridgehead atoms. The highest BCUT2D eigenvalue weighted by molar-refractivity contribution is 5.64. The molecule has 0 saturated heterocycles. The quantitative estimate of drug-likeness (QED) is 0.874. The molecule has 0 aliphatic rings. The van der Waals surface area contributed by atoms with Gasteiger partial charge < -0.3 is 5.73 Å². The molecule has 0 amide bonds. The molecule has 0 aliphatic carbocycles. The van der Waals surface area contributed by atoms with Gasteiger partial charge in [-0.15, -0.1) is 0 Å². The van der Waals surface area contributed by atoms with Crippen molar-refractivity contribution in [3.8, 4) is 11.1 Å². The normalized spacial score (nSPS) is 11.0. The van der Waals surface area contributed by atoms with E-state index in [1.54, 1.807) is 6.07 Å². The lowest BCUT2D eigenvalue weighted by Gasteiger charge is -2.08. The predicted molar refractivity (Wildman–Crippen MR) is 78.3 cm³/mol. The Balaban J connectivity index is 2.29. The fourth-order valence-electron chi connectivity index (χ4n) is 2.24. The Hall–Kier alpha value is -1.67. The number of hydrogen-bond donors (Lipinski definition) is 1. The van der Waals surface area contributed by atoms with E-state index < -0.39 is 0 Å². The zero-order valence-electron chi connectivity index (χ0n) is 11.5. The van der Waals surface area contributed by atoms with Gasteiger partial charge in [-0.25, -0.2) is 4.39 Å². The largest absolute Gasteiger partial charge is 0.326 e. The maximum atomic E-state index is 13.5. The van der Waals surface area contributed by atoms with E-state index >= 15 is 0 Å². The van der Waals surface area contributed by atoms with E-state index in [0.29, 0.717) is 12.5 Å². The highest BCUT2D eigenvalue weighted by atomic mass is 19.1. The van der Waals surface area contributed by atoms with Gasteiger partial charge in [-0.1, -0.05) is 38.1 Å². The summed E-state index contributed by atoms with van der Waals surface area (Å²) >= 11 is 0. The number of halogens is 1. The molecule has 0 fully saturated rings. The summed E-state index contributed by atoms with van der Waals surface area (Å²) in [5.74, 6) is 0.410. The lowest BCUT2D eigenvalue weighted by Crippen LogP contribution is -1.97. The second kappa shape index (κ2) is 5.98. The van der Waals surface area contributed by atoms with Crippen LogP contribution in [0.3, 0.4) is 0 Å². The molecule has 100 valence electrons. The summed E-state index contributed by atoms with van der Waals surface area (Å²) in [4.78, 5) is 0. The average Bonchev–Trinajstić information content (AvgIpc) is 2.38. The minimum atomic E-state index is -0.232. The number of benzene rings is 2. The van der Waals surface area contributed by atoms with Crippen LogP contribution in [0.1, 0.15) is 25.0 Å². The van der Waals surface area contributed by atoms with Crippen molar-refractivity contribution in [3.05, 3.63) is 59.4 Å². The van der Waals surface area contributed by atoms with E-state index in [2.05, 4.69) is 26.0 Å². The summed E-state index contributed by atoms with van der Waals surface area (Å²) in [5.41, 5.74) is 9.63. The summed E-state index contributed by atoms with van der Waals surface area (Å²) in [6.45, 7) is 4.76. The van der Waals surface area contributed by atoms with Crippen molar-refractivity contribution >= 4 is 0 Å². The standard InChI is InChI=1S/C17H20FN/c1-12(2)7-13-3-5-15(6-4-13)16-8-14(11-19)9-17(18)10-16/h3-6,8-10,12H,7,11,19H2,1-2H3. The van der Waals surface area contributed by atoms with E-state index in [1.165, 1.54) is 11.6 Å². The van der Waals surface area contributed by atoms with Crippen molar-refractivity contribution in [1.29, 1.82) is 0 Å². The van der Waals surface area contributed by atoms with Crippen molar-refractivity contribution in [3.63, 3.8) is 0 Å². The van der Waals surface area contributed by atoms with Gasteiger partial charge in [0.1, 0.15) is 5.82 Å². The van der Waals surface area contributed by atoms with E-state index in [4.69, 9.17) is 5.73 Å². The fourth-order valence-corrected chi connectivity index (χ4v) is 2.24. The van der Waals surface area contributed by atoms with Crippen LogP contribution in [0, 0.1) is 11.7 Å². The van der Waals surface area contributed by atoms with Crippen molar-refractivity contribution in [2.75, 3.05) is 0 Å². The van der Waals surface area contributed by atoms with Crippen LogP contribution in [0.15, 0.2) is 42.5 Å². The molecule has 0 radical (unpaired) electrons. The first-order valence-electron chi connectivity index (χ1n) is 6.67. The molecular formula is C17H20FN. The second-order valence-corrected chi connectivity index (χ2v) is 5.35. The molecule has 0 unspecified atom stereocenters. The Morgan fingerprint density at radius 1 is 0.947 bits per heavy atom. The van der Waals surface area contributed by atoms with Gasteiger partial charge in [0, 0.05) is 6.54 Å². The van der Waals surface area contributed by atoms with E-state index in [1.807, 2.05) is 18.2 Å². The first kappa shape index (κ1) is 13.8. The third-order valence-electron chi connectivity index (χ3n) is 3.12. The van der Waals surface area contributed by atoms with E-state index in [9.17, 15) is 4.39 Å². The van der Waals surface area contributed by atoms with Gasteiger partial charge in [-0.05, 0) is 52.8 Å². The molecule has 2 aromatic carbocycles. The Morgan fingerprint density at radius 3 is 2.21 bits per heavy atom. The molecule has 2 rings (SSSR count). The molecule has 2 aromatic rings. The number of nitrogens with two attached hydrogens (primary N) is 1. The second-order valence-electron chi connectivity index (χ2n) is 5.35. The fraction of sp³-hybridized carbons (Fsp3) is 0.294. The van der Waals surface area contributed by atoms with Crippen LogP contribution in [0.5, 0.6) is 0 Å². The average molecular weight is 257 g/mol. The van der Waals surface area contributed by atoms with Crippen LogP contribution in [0.2, 0.25) is 0 Å². The van der Waals surface area contributed by atoms with Crippen LogP contribution in [0.4, 0.5) is 4.39 Å². The van der Waals surface area contributed by atoms with Crippen LogP contribution < -0.4 is 5.73 Å². The monoisotopic (exact) mass is 257 g/mol. The molecule has 1 nitrogen and oxygen atoms in total. The maximum absolute atomic E-state index is 13.5. The minimum Gasteiger partial charge on any atom is -0.326 e. The van der Waals surface area contributed by atoms with Gasteiger partial charge >= 0.3 is 0 Å². The Kier molecular flexibility index (Phi) is 4.33. The number of hydrogen-bond acceptors (Lipinski definition) is 1. The lowest BCUT2D eigenvalue weighted by molar-refractivity contribution is 0.626. The summed E-state index contributed by atoms with van der Waals surface area (Å²) < 4.78 is 13.5. The molecule has 2 heteroatoms. The van der Waals surface area contributed by atoms with Crippen molar-refractivity contribution in [2.45, 2.75) is 26.8 Å². The van der Waals surface area contributed by atoms with Gasteiger partial charge in [0.05, 0.1) is 0 Å². The Morgan fingerprint density at radius 2 is 1.63 bits per heavy atom. The lowest BCUT2D eigenvalue weighted by atomic mass is 9.98. The highest BCUT2D eigenvalue weighted by Crippen LogP contribution is 2.23. The third kappa shape index (κ3) is 3.65. The molecule has 0 aromatic heterocycles. The first-order valence-corrected chi connectivity index (χ1v) is 6.67. The summed E-state index contributed by atoms with van der Waals surface area (Å²) in [6.07, 6.45) is 1.07. The zero-order chi connectivity index (χ0) is 13.8. The summed E-state index contributed by atoms with van der Waals surface area (Å²) in [5, 5.41) is 0. The van der Waals surface area contributed by atoms with Crippen LogP contribution in [-0.4, -0.2) is 0 Å². The van der Waals surface area contributed by atoms with Gasteiger partial charge in [0.2, 0.25) is 0 Å². The van der Waals surface area contributed by atoms with Crippen LogP contribution >= 0.6 is 0 Å². The predicted octanol–water partition coefficient (Wildman–Crippen LogP) is 4.15. The van der Waals surface area contributed by atoms with Crippen LogP contribution in [-0.2, 0) is 13.0 Å². The first-order chi connectivity index (χ1) is 9.08. The SMILES string of the molecule is CC(C)Cc1ccc(-c2cc(F)cc(CN)c2)cc1. The van der Waals surface area contributed by atoms with E-state index in [0.717, 1.165) is 23.1 Å². The van der Waals surface area contributed by atoms with Crippen LogP contribution in [0.25, 0.3) is 11.1 Å². The molecule has 0 spiro atoms. The summed E-state index contributed by atoms with van der Waals surface area (Å²) in [6, 6.07) is 13.3. The van der Waals surface area contributed by atoms with Crippen molar-refractivity contribution < 1.29 is 4.39 Å². The van der Waals surface area contributed by atoms with Gasteiger partial charge in [0.25, 0.3) is 0 Å². The minimum absolute atomic E-state index is 0.232. The van der Waals surface area contributed by atoms with Gasteiger partial charge in [0.15, 0.2) is 0 Å². The maximum Gasteiger partial charge on any atom is 0.124 e. The van der Waals surface area contributed by atoms with Gasteiger partial charge in [-0.3, -0.25) is 0 Å². The zero-order valence-corrected chi connectivity index (χ0v) is 11.5. The summed E-state index contributed by atoms with van der Waals surface area (Å²) in [7, 11) is 0. The van der Waals surface area contributed by atoms with Gasteiger partial charge in [-0.2, -0.15) is 0 Å². The molecule has 0 atom stereocenters. The Labute approximate surface area is 114 Å². The smallest absolute Gasteiger partial charge is 0.124 e. The van der Waals surface area contributed by atoms with E-state index in [-0.39, 0.29) is 5.82 Å². The topological polar surface area (TPSA) is 26.0 Å². The molecule has 19 heavy (non-hydrogen) atoms. The number of rotatable bonds is 4. The Bertz CT molecular complexity index is 544. The molecule has 0 saturated carbocycles.